The minimum absolute atomic E-state index is 0.172. The molecule has 10 heteroatoms. The van der Waals surface area contributed by atoms with E-state index in [9.17, 15) is 4.79 Å². The van der Waals surface area contributed by atoms with Crippen molar-refractivity contribution >= 4 is 23.5 Å². The summed E-state index contributed by atoms with van der Waals surface area (Å²) < 4.78 is 18.3. The third-order valence-corrected chi connectivity index (χ3v) is 6.34. The molecule has 4 aromatic rings. The largest absolute Gasteiger partial charge is 0.454 e. The van der Waals surface area contributed by atoms with Crippen molar-refractivity contribution in [2.24, 2.45) is 0 Å². The van der Waals surface area contributed by atoms with Gasteiger partial charge in [0, 0.05) is 17.0 Å². The number of thioether (sulfide) groups is 1. The first kappa shape index (κ1) is 23.0. The number of amides is 1. The lowest BCUT2D eigenvalue weighted by Crippen LogP contribution is -2.24. The van der Waals surface area contributed by atoms with E-state index in [0.29, 0.717) is 34.0 Å². The Hall–Kier alpha value is -3.79. The van der Waals surface area contributed by atoms with Crippen molar-refractivity contribution in [1.29, 1.82) is 0 Å². The van der Waals surface area contributed by atoms with Crippen LogP contribution in [-0.2, 0) is 10.2 Å². The molecule has 0 saturated heterocycles. The Bertz CT molecular complexity index is 1360. The highest BCUT2D eigenvalue weighted by Crippen LogP contribution is 2.36. The lowest BCUT2D eigenvalue weighted by atomic mass is 9.92. The number of hydrogen-bond acceptors (Lipinski definition) is 8. The SMILES string of the molecule is C[C@H](Sc1nnc(-c2ccc3c(c2)OCO3)o1)C(=O)Nc1cc(C(C)(C)C)nn1-c1ccccc1. The summed E-state index contributed by atoms with van der Waals surface area (Å²) in [5.74, 6) is 2.06. The van der Waals surface area contributed by atoms with E-state index in [-0.39, 0.29) is 18.1 Å². The molecule has 0 radical (unpaired) electrons. The molecule has 0 saturated carbocycles. The summed E-state index contributed by atoms with van der Waals surface area (Å²) in [6, 6.07) is 17.0. The molecule has 180 valence electrons. The monoisotopic (exact) mass is 491 g/mol. The summed E-state index contributed by atoms with van der Waals surface area (Å²) >= 11 is 1.19. The summed E-state index contributed by atoms with van der Waals surface area (Å²) in [6.45, 7) is 8.24. The van der Waals surface area contributed by atoms with Gasteiger partial charge in [0.15, 0.2) is 11.5 Å². The number of ether oxygens (including phenoxy) is 2. The minimum atomic E-state index is -0.489. The number of hydrogen-bond donors (Lipinski definition) is 1. The molecule has 3 heterocycles. The number of aromatic nitrogens is 4. The van der Waals surface area contributed by atoms with Crippen LogP contribution in [0.4, 0.5) is 5.82 Å². The highest BCUT2D eigenvalue weighted by molar-refractivity contribution is 8.00. The van der Waals surface area contributed by atoms with Crippen molar-refractivity contribution in [2.45, 2.75) is 43.6 Å². The van der Waals surface area contributed by atoms with Gasteiger partial charge in [-0.1, -0.05) is 50.7 Å². The molecule has 5 rings (SSSR count). The molecular weight excluding hydrogens is 466 g/mol. The first-order valence-electron chi connectivity index (χ1n) is 11.1. The third kappa shape index (κ3) is 4.88. The summed E-state index contributed by atoms with van der Waals surface area (Å²) in [7, 11) is 0. The number of anilines is 1. The Morgan fingerprint density at radius 1 is 1.06 bits per heavy atom. The van der Waals surface area contributed by atoms with E-state index < -0.39 is 5.25 Å². The second kappa shape index (κ2) is 9.10. The zero-order valence-corrected chi connectivity index (χ0v) is 20.6. The number of nitrogens with one attached hydrogen (secondary N) is 1. The molecule has 1 amide bonds. The highest BCUT2D eigenvalue weighted by atomic mass is 32.2. The maximum atomic E-state index is 13.1. The van der Waals surface area contributed by atoms with Gasteiger partial charge in [-0.05, 0) is 37.3 Å². The second-order valence-electron chi connectivity index (χ2n) is 9.10. The number of carbonyl (C=O) groups is 1. The van der Waals surface area contributed by atoms with Gasteiger partial charge < -0.3 is 19.2 Å². The van der Waals surface area contributed by atoms with Gasteiger partial charge >= 0.3 is 0 Å². The molecule has 1 aliphatic heterocycles. The third-order valence-electron chi connectivity index (χ3n) is 5.40. The maximum absolute atomic E-state index is 13.1. The van der Waals surface area contributed by atoms with Crippen LogP contribution in [-0.4, -0.2) is 37.9 Å². The predicted molar refractivity (Wildman–Crippen MR) is 132 cm³/mol. The van der Waals surface area contributed by atoms with E-state index in [0.717, 1.165) is 11.4 Å². The van der Waals surface area contributed by atoms with Crippen molar-refractivity contribution in [3.05, 3.63) is 60.3 Å². The van der Waals surface area contributed by atoms with Crippen LogP contribution < -0.4 is 14.8 Å². The van der Waals surface area contributed by atoms with Crippen LogP contribution >= 0.6 is 11.8 Å². The van der Waals surface area contributed by atoms with Crippen LogP contribution in [0.3, 0.4) is 0 Å². The van der Waals surface area contributed by atoms with E-state index in [4.69, 9.17) is 19.0 Å². The molecule has 1 N–H and O–H groups in total. The van der Waals surface area contributed by atoms with E-state index in [1.807, 2.05) is 42.5 Å². The van der Waals surface area contributed by atoms with Crippen LogP contribution in [0.2, 0.25) is 0 Å². The van der Waals surface area contributed by atoms with Crippen LogP contribution in [0, 0.1) is 0 Å². The highest BCUT2D eigenvalue weighted by Gasteiger charge is 2.24. The van der Waals surface area contributed by atoms with E-state index in [1.54, 1.807) is 23.7 Å². The number of carbonyl (C=O) groups excluding carboxylic acids is 1. The molecule has 0 aliphatic carbocycles. The van der Waals surface area contributed by atoms with Crippen LogP contribution in [0.5, 0.6) is 11.5 Å². The molecule has 2 aromatic heterocycles. The molecule has 35 heavy (non-hydrogen) atoms. The van der Waals surface area contributed by atoms with Crippen LogP contribution in [0.15, 0.2) is 64.2 Å². The smallest absolute Gasteiger partial charge is 0.277 e. The number of nitrogens with zero attached hydrogens (tertiary/aromatic N) is 4. The number of para-hydroxylation sites is 1. The van der Waals surface area contributed by atoms with Gasteiger partial charge in [-0.2, -0.15) is 5.10 Å². The van der Waals surface area contributed by atoms with E-state index in [2.05, 4.69) is 36.3 Å². The van der Waals surface area contributed by atoms with Gasteiger partial charge in [-0.25, -0.2) is 4.68 Å². The first-order valence-corrected chi connectivity index (χ1v) is 12.0. The molecule has 0 bridgehead atoms. The maximum Gasteiger partial charge on any atom is 0.277 e. The molecule has 0 unspecified atom stereocenters. The molecule has 1 aliphatic rings. The van der Waals surface area contributed by atoms with Gasteiger partial charge in [0.2, 0.25) is 18.6 Å². The van der Waals surface area contributed by atoms with Crippen molar-refractivity contribution in [2.75, 3.05) is 12.1 Å². The fraction of sp³-hybridized carbons (Fsp3) is 0.280. The van der Waals surface area contributed by atoms with Gasteiger partial charge in [0.1, 0.15) is 5.82 Å². The molecule has 9 nitrogen and oxygen atoms in total. The fourth-order valence-electron chi connectivity index (χ4n) is 3.44. The van der Waals surface area contributed by atoms with Crippen LogP contribution in [0.25, 0.3) is 17.1 Å². The Kier molecular flexibility index (Phi) is 5.98. The molecular formula is C25H25N5O4S. The summed E-state index contributed by atoms with van der Waals surface area (Å²) in [6.07, 6.45) is 0. The molecule has 0 spiro atoms. The van der Waals surface area contributed by atoms with Gasteiger partial charge in [0.25, 0.3) is 5.22 Å². The van der Waals surface area contributed by atoms with Crippen molar-refractivity contribution < 1.29 is 18.7 Å². The Morgan fingerprint density at radius 2 is 1.83 bits per heavy atom. The molecule has 0 fully saturated rings. The van der Waals surface area contributed by atoms with Gasteiger partial charge in [0.05, 0.1) is 16.6 Å². The second-order valence-corrected chi connectivity index (χ2v) is 10.4. The topological polar surface area (TPSA) is 104 Å². The van der Waals surface area contributed by atoms with Crippen molar-refractivity contribution in [3.63, 3.8) is 0 Å². The average molecular weight is 492 g/mol. The molecule has 2 aromatic carbocycles. The quantitative estimate of drug-likeness (QED) is 0.373. The summed E-state index contributed by atoms with van der Waals surface area (Å²) in [5.41, 5.74) is 2.28. The predicted octanol–water partition coefficient (Wildman–Crippen LogP) is 5.07. The van der Waals surface area contributed by atoms with E-state index in [1.165, 1.54) is 11.8 Å². The lowest BCUT2D eigenvalue weighted by molar-refractivity contribution is -0.115. The summed E-state index contributed by atoms with van der Waals surface area (Å²) in [4.78, 5) is 13.1. The van der Waals surface area contributed by atoms with Gasteiger partial charge in [-0.15, -0.1) is 10.2 Å². The standard InChI is InChI=1S/C25H25N5O4S/c1-15(35-24-28-27-23(34-24)16-10-11-18-19(12-16)33-14-32-18)22(31)26-21-13-20(25(2,3)4)29-30(21)17-8-6-5-7-9-17/h5-13,15H,14H2,1-4H3,(H,26,31)/t15-/m0/s1. The normalized spacial score (nSPS) is 13.6. The van der Waals surface area contributed by atoms with Crippen molar-refractivity contribution in [3.8, 4) is 28.6 Å². The summed E-state index contributed by atoms with van der Waals surface area (Å²) in [5, 5.41) is 15.8. The molecule has 1 atom stereocenters. The Labute approximate surface area is 206 Å². The Balaban J connectivity index is 1.31. The lowest BCUT2D eigenvalue weighted by Gasteiger charge is -2.14. The number of fused-ring (bicyclic) bond motifs is 1. The zero-order chi connectivity index (χ0) is 24.6. The zero-order valence-electron chi connectivity index (χ0n) is 19.8. The first-order chi connectivity index (χ1) is 16.8. The van der Waals surface area contributed by atoms with Crippen LogP contribution in [0.1, 0.15) is 33.4 Å². The van der Waals surface area contributed by atoms with E-state index >= 15 is 0 Å². The number of rotatable bonds is 6. The number of benzene rings is 2. The van der Waals surface area contributed by atoms with Gasteiger partial charge in [-0.3, -0.25) is 4.79 Å². The average Bonchev–Trinajstić information content (AvgIpc) is 3.58. The Morgan fingerprint density at radius 3 is 2.60 bits per heavy atom. The minimum Gasteiger partial charge on any atom is -0.454 e. The fourth-order valence-corrected chi connectivity index (χ4v) is 4.12. The van der Waals surface area contributed by atoms with Crippen molar-refractivity contribution in [1.82, 2.24) is 20.0 Å².